The van der Waals surface area contributed by atoms with E-state index >= 15 is 0 Å². The molecule has 1 heterocycles. The molecule has 0 aliphatic carbocycles. The molecule has 2 aromatic carbocycles. The second-order valence-electron chi connectivity index (χ2n) is 5.13. The minimum atomic E-state index is -3.68. The Morgan fingerprint density at radius 3 is 1.73 bits per heavy atom. The van der Waals surface area contributed by atoms with Gasteiger partial charge in [-0.1, -0.05) is 42.0 Å². The number of hydrogen-bond donors (Lipinski definition) is 1. The van der Waals surface area contributed by atoms with Gasteiger partial charge in [-0.2, -0.15) is 0 Å². The highest BCUT2D eigenvalue weighted by atomic mass is 32.2. The molecule has 0 bridgehead atoms. The average molecular weight is 313 g/mol. The van der Waals surface area contributed by atoms with Crippen molar-refractivity contribution in [3.63, 3.8) is 0 Å². The van der Waals surface area contributed by atoms with E-state index in [9.17, 15) is 8.42 Å². The summed E-state index contributed by atoms with van der Waals surface area (Å²) in [5, 5.41) is 5.11. The van der Waals surface area contributed by atoms with Crippen molar-refractivity contribution < 1.29 is 12.8 Å². The molecule has 4 nitrogen and oxygen atoms in total. The van der Waals surface area contributed by atoms with Crippen LogP contribution in [0.1, 0.15) is 5.56 Å². The van der Waals surface area contributed by atoms with Gasteiger partial charge < -0.3 is 4.42 Å². The molecule has 0 unspecified atom stereocenters. The molecule has 1 aromatic heterocycles. The van der Waals surface area contributed by atoms with Crippen molar-refractivity contribution in [2.45, 2.75) is 11.8 Å². The molecule has 0 aliphatic rings. The van der Waals surface area contributed by atoms with Crippen LogP contribution in [0.25, 0.3) is 22.3 Å². The molecular formula is C17H15NO3S. The number of benzene rings is 2. The predicted molar refractivity (Wildman–Crippen MR) is 85.7 cm³/mol. The maximum Gasteiger partial charge on any atom is 0.238 e. The lowest BCUT2D eigenvalue weighted by atomic mass is 9.98. The van der Waals surface area contributed by atoms with Crippen molar-refractivity contribution in [2.75, 3.05) is 0 Å². The van der Waals surface area contributed by atoms with Crippen LogP contribution in [0.3, 0.4) is 0 Å². The summed E-state index contributed by atoms with van der Waals surface area (Å²) in [6.45, 7) is 2.03. The summed E-state index contributed by atoms with van der Waals surface area (Å²) in [6, 6.07) is 14.6. The quantitative estimate of drug-likeness (QED) is 0.803. The van der Waals surface area contributed by atoms with Crippen LogP contribution in [0.5, 0.6) is 0 Å². The third-order valence-corrected chi connectivity index (χ3v) is 4.45. The minimum absolute atomic E-state index is 0.0941. The molecule has 0 aliphatic heterocycles. The van der Waals surface area contributed by atoms with Gasteiger partial charge in [-0.3, -0.25) is 0 Å². The van der Waals surface area contributed by atoms with Crippen LogP contribution in [0.4, 0.5) is 0 Å². The first-order valence-corrected chi connectivity index (χ1v) is 8.26. The van der Waals surface area contributed by atoms with Crippen molar-refractivity contribution in [1.82, 2.24) is 0 Å². The summed E-state index contributed by atoms with van der Waals surface area (Å²) < 4.78 is 28.0. The molecule has 0 saturated heterocycles. The van der Waals surface area contributed by atoms with Crippen molar-refractivity contribution >= 4 is 10.0 Å². The van der Waals surface area contributed by atoms with Gasteiger partial charge in [-0.15, -0.1) is 0 Å². The van der Waals surface area contributed by atoms with Crippen LogP contribution in [0.2, 0.25) is 0 Å². The zero-order valence-electron chi connectivity index (χ0n) is 12.0. The molecule has 22 heavy (non-hydrogen) atoms. The molecular weight excluding hydrogens is 298 g/mol. The SMILES string of the molecule is Cc1ccc(-c2cocc2-c2ccc(S(N)(=O)=O)cc2)cc1. The highest BCUT2D eigenvalue weighted by molar-refractivity contribution is 7.89. The van der Waals surface area contributed by atoms with E-state index in [4.69, 9.17) is 9.56 Å². The van der Waals surface area contributed by atoms with E-state index < -0.39 is 10.0 Å². The smallest absolute Gasteiger partial charge is 0.238 e. The Kier molecular flexibility index (Phi) is 3.60. The Morgan fingerprint density at radius 1 is 0.818 bits per heavy atom. The fraction of sp³-hybridized carbons (Fsp3) is 0.0588. The number of furan rings is 1. The predicted octanol–water partition coefficient (Wildman–Crippen LogP) is 3.57. The summed E-state index contributed by atoms with van der Waals surface area (Å²) >= 11 is 0. The highest BCUT2D eigenvalue weighted by Gasteiger charge is 2.12. The average Bonchev–Trinajstić information content (AvgIpc) is 2.97. The number of sulfonamides is 1. The van der Waals surface area contributed by atoms with E-state index in [0.717, 1.165) is 22.3 Å². The second kappa shape index (κ2) is 5.44. The lowest BCUT2D eigenvalue weighted by Crippen LogP contribution is -2.11. The van der Waals surface area contributed by atoms with Gasteiger partial charge >= 0.3 is 0 Å². The first-order chi connectivity index (χ1) is 10.4. The van der Waals surface area contributed by atoms with Crippen LogP contribution in [0, 0.1) is 6.92 Å². The van der Waals surface area contributed by atoms with Crippen molar-refractivity contribution in [3.05, 3.63) is 66.6 Å². The first kappa shape index (κ1) is 14.6. The van der Waals surface area contributed by atoms with Gasteiger partial charge in [-0.25, -0.2) is 13.6 Å². The number of primary sulfonamides is 1. The summed E-state index contributed by atoms with van der Waals surface area (Å²) in [7, 11) is -3.68. The molecule has 0 saturated carbocycles. The third kappa shape index (κ3) is 2.81. The molecule has 3 aromatic rings. The van der Waals surface area contributed by atoms with E-state index in [2.05, 4.69) is 0 Å². The van der Waals surface area contributed by atoms with Crippen molar-refractivity contribution in [2.24, 2.45) is 5.14 Å². The number of aryl methyl sites for hydroxylation is 1. The maximum absolute atomic E-state index is 11.3. The van der Waals surface area contributed by atoms with Crippen LogP contribution < -0.4 is 5.14 Å². The Labute approximate surface area is 129 Å². The molecule has 2 N–H and O–H groups in total. The van der Waals surface area contributed by atoms with E-state index in [1.54, 1.807) is 24.7 Å². The van der Waals surface area contributed by atoms with Crippen molar-refractivity contribution in [1.29, 1.82) is 0 Å². The zero-order chi connectivity index (χ0) is 15.7. The Bertz CT molecular complexity index is 892. The molecule has 112 valence electrons. The number of nitrogens with two attached hydrogens (primary N) is 1. The maximum atomic E-state index is 11.3. The van der Waals surface area contributed by atoms with Gasteiger partial charge in [0.05, 0.1) is 17.4 Å². The number of hydrogen-bond acceptors (Lipinski definition) is 3. The summed E-state index contributed by atoms with van der Waals surface area (Å²) in [5.41, 5.74) is 4.97. The van der Waals surface area contributed by atoms with Gasteiger partial charge in [0, 0.05) is 11.1 Å². The molecule has 0 radical (unpaired) electrons. The summed E-state index contributed by atoms with van der Waals surface area (Å²) in [6.07, 6.45) is 3.34. The highest BCUT2D eigenvalue weighted by Crippen LogP contribution is 2.33. The van der Waals surface area contributed by atoms with E-state index in [1.807, 2.05) is 31.2 Å². The Hall–Kier alpha value is -2.37. The Morgan fingerprint density at radius 2 is 1.27 bits per heavy atom. The van der Waals surface area contributed by atoms with E-state index in [1.165, 1.54) is 17.7 Å². The fourth-order valence-corrected chi connectivity index (χ4v) is 2.82. The zero-order valence-corrected chi connectivity index (χ0v) is 12.8. The van der Waals surface area contributed by atoms with Crippen LogP contribution in [0.15, 0.2) is 70.4 Å². The summed E-state index contributed by atoms with van der Waals surface area (Å²) in [4.78, 5) is 0.0941. The van der Waals surface area contributed by atoms with Gasteiger partial charge in [0.1, 0.15) is 0 Å². The van der Waals surface area contributed by atoms with Crippen LogP contribution >= 0.6 is 0 Å². The second-order valence-corrected chi connectivity index (χ2v) is 6.70. The largest absolute Gasteiger partial charge is 0.471 e. The fourth-order valence-electron chi connectivity index (χ4n) is 2.30. The molecule has 3 rings (SSSR count). The monoisotopic (exact) mass is 313 g/mol. The lowest BCUT2D eigenvalue weighted by Gasteiger charge is -2.05. The van der Waals surface area contributed by atoms with Crippen LogP contribution in [-0.4, -0.2) is 8.42 Å². The number of rotatable bonds is 3. The van der Waals surface area contributed by atoms with Crippen LogP contribution in [-0.2, 0) is 10.0 Å². The first-order valence-electron chi connectivity index (χ1n) is 6.71. The third-order valence-electron chi connectivity index (χ3n) is 3.52. The molecule has 0 atom stereocenters. The van der Waals surface area contributed by atoms with Gasteiger partial charge in [0.25, 0.3) is 0 Å². The lowest BCUT2D eigenvalue weighted by molar-refractivity contribution is 0.569. The normalized spacial score (nSPS) is 11.5. The molecule has 0 fully saturated rings. The minimum Gasteiger partial charge on any atom is -0.471 e. The van der Waals surface area contributed by atoms with Gasteiger partial charge in [0.15, 0.2) is 0 Å². The Balaban J connectivity index is 2.03. The van der Waals surface area contributed by atoms with Gasteiger partial charge in [-0.05, 0) is 30.2 Å². The summed E-state index contributed by atoms with van der Waals surface area (Å²) in [5.74, 6) is 0. The topological polar surface area (TPSA) is 73.3 Å². The standard InChI is InChI=1S/C17H15NO3S/c1-12-2-4-13(5-3-12)16-10-21-11-17(16)14-6-8-15(9-7-14)22(18,19)20/h2-11H,1H3,(H2,18,19,20). The van der Waals surface area contributed by atoms with E-state index in [-0.39, 0.29) is 4.90 Å². The van der Waals surface area contributed by atoms with Gasteiger partial charge in [0.2, 0.25) is 10.0 Å². The molecule has 0 amide bonds. The van der Waals surface area contributed by atoms with Crippen molar-refractivity contribution in [3.8, 4) is 22.3 Å². The molecule has 5 heteroatoms. The molecule has 0 spiro atoms. The van der Waals surface area contributed by atoms with E-state index in [0.29, 0.717) is 0 Å².